The molecule has 2 aromatic rings. The van der Waals surface area contributed by atoms with Crippen LogP contribution in [0.2, 0.25) is 0 Å². The van der Waals surface area contributed by atoms with Crippen molar-refractivity contribution in [3.05, 3.63) is 53.3 Å². The number of carbonyl (C=O) groups is 1. The first-order valence-corrected chi connectivity index (χ1v) is 7.71. The lowest BCUT2D eigenvalue weighted by Crippen LogP contribution is -2.23. The van der Waals surface area contributed by atoms with E-state index in [1.807, 2.05) is 6.92 Å². The second-order valence-corrected chi connectivity index (χ2v) is 5.34. The Morgan fingerprint density at radius 2 is 2.22 bits per heavy atom. The molecular formula is C16H15N2O4S-. The number of rotatable bonds is 8. The van der Waals surface area contributed by atoms with Crippen molar-refractivity contribution >= 4 is 23.8 Å². The van der Waals surface area contributed by atoms with Crippen LogP contribution in [0.1, 0.15) is 18.4 Å². The van der Waals surface area contributed by atoms with E-state index in [1.165, 1.54) is 6.08 Å². The number of carbonyl (C=O) groups excluding carboxylic acids is 1. The van der Waals surface area contributed by atoms with Gasteiger partial charge in [0.05, 0.1) is 5.97 Å². The summed E-state index contributed by atoms with van der Waals surface area (Å²) in [6.07, 6.45) is 3.64. The molecule has 0 saturated heterocycles. The van der Waals surface area contributed by atoms with Crippen LogP contribution in [0, 0.1) is 0 Å². The molecule has 6 nitrogen and oxygen atoms in total. The summed E-state index contributed by atoms with van der Waals surface area (Å²) in [5.74, 6) is -0.337. The first-order valence-electron chi connectivity index (χ1n) is 6.90. The summed E-state index contributed by atoms with van der Waals surface area (Å²) in [6, 6.07) is 7.07. The molecule has 0 fully saturated rings. The van der Waals surface area contributed by atoms with Gasteiger partial charge < -0.3 is 19.1 Å². The van der Waals surface area contributed by atoms with Crippen molar-refractivity contribution in [2.24, 2.45) is 0 Å². The Morgan fingerprint density at radius 3 is 2.87 bits per heavy atom. The smallest absolute Gasteiger partial charge is 0.281 e. The molecule has 0 aliphatic heterocycles. The quantitative estimate of drug-likeness (QED) is 0.415. The maximum atomic E-state index is 11.4. The molecule has 2 rings (SSSR count). The van der Waals surface area contributed by atoms with Crippen molar-refractivity contribution in [2.45, 2.75) is 18.6 Å². The highest BCUT2D eigenvalue weighted by Crippen LogP contribution is 2.29. The SMILES string of the molecule is C=CCOc1ccccc1/C=C(\Sc1nnc(CC)o1)C(=O)[O-]. The van der Waals surface area contributed by atoms with Crippen molar-refractivity contribution in [1.29, 1.82) is 0 Å². The fraction of sp³-hybridized carbons (Fsp3) is 0.188. The predicted octanol–water partition coefficient (Wildman–Crippen LogP) is 2.08. The van der Waals surface area contributed by atoms with Gasteiger partial charge in [0.25, 0.3) is 5.22 Å². The van der Waals surface area contributed by atoms with Gasteiger partial charge in [-0.1, -0.05) is 37.8 Å². The van der Waals surface area contributed by atoms with Gasteiger partial charge in [-0.3, -0.25) is 0 Å². The molecule has 0 unspecified atom stereocenters. The molecule has 1 aromatic carbocycles. The predicted molar refractivity (Wildman–Crippen MR) is 84.7 cm³/mol. The summed E-state index contributed by atoms with van der Waals surface area (Å²) < 4.78 is 10.8. The standard InChI is InChI=1S/C16H16N2O4S/c1-3-9-21-12-8-6-5-7-11(12)10-13(15(19)20)23-16-18-17-14(4-2)22-16/h3,5-8,10H,1,4,9H2,2H3,(H,19,20)/p-1/b13-10-. The minimum atomic E-state index is -1.33. The zero-order valence-corrected chi connectivity index (χ0v) is 13.3. The highest BCUT2D eigenvalue weighted by molar-refractivity contribution is 8.03. The van der Waals surface area contributed by atoms with Crippen LogP contribution >= 0.6 is 11.8 Å². The van der Waals surface area contributed by atoms with Crippen LogP contribution in [0.25, 0.3) is 6.08 Å². The molecule has 1 aromatic heterocycles. The minimum Gasteiger partial charge on any atom is -0.544 e. The fourth-order valence-electron chi connectivity index (χ4n) is 1.67. The number of para-hydroxylation sites is 1. The van der Waals surface area contributed by atoms with Crippen LogP contribution in [-0.4, -0.2) is 22.8 Å². The average molecular weight is 331 g/mol. The van der Waals surface area contributed by atoms with Crippen molar-refractivity contribution in [3.63, 3.8) is 0 Å². The largest absolute Gasteiger partial charge is 0.544 e. The van der Waals surface area contributed by atoms with Gasteiger partial charge in [-0.2, -0.15) is 0 Å². The van der Waals surface area contributed by atoms with Gasteiger partial charge in [0.1, 0.15) is 12.4 Å². The number of hydrogen-bond acceptors (Lipinski definition) is 7. The zero-order valence-electron chi connectivity index (χ0n) is 12.5. The highest BCUT2D eigenvalue weighted by atomic mass is 32.2. The van der Waals surface area contributed by atoms with Crippen LogP contribution in [-0.2, 0) is 11.2 Å². The normalized spacial score (nSPS) is 11.3. The molecule has 0 radical (unpaired) electrons. The second-order valence-electron chi connectivity index (χ2n) is 4.35. The first-order chi connectivity index (χ1) is 11.1. The van der Waals surface area contributed by atoms with E-state index in [4.69, 9.17) is 9.15 Å². The van der Waals surface area contributed by atoms with Gasteiger partial charge in [0.15, 0.2) is 0 Å². The summed E-state index contributed by atoms with van der Waals surface area (Å²) in [7, 11) is 0. The van der Waals surface area contributed by atoms with Gasteiger partial charge in [-0.25, -0.2) is 0 Å². The number of hydrogen-bond donors (Lipinski definition) is 0. The van der Waals surface area contributed by atoms with Gasteiger partial charge in [0.2, 0.25) is 5.89 Å². The second kappa shape index (κ2) is 8.19. The third-order valence-corrected chi connectivity index (χ3v) is 3.56. The topological polar surface area (TPSA) is 88.3 Å². The fourth-order valence-corrected chi connectivity index (χ4v) is 2.34. The summed E-state index contributed by atoms with van der Waals surface area (Å²) in [4.78, 5) is 11.3. The number of nitrogens with zero attached hydrogens (tertiary/aromatic N) is 2. The molecule has 0 saturated carbocycles. The van der Waals surface area contributed by atoms with E-state index in [-0.39, 0.29) is 10.1 Å². The van der Waals surface area contributed by atoms with Crippen LogP contribution in [0.5, 0.6) is 5.75 Å². The number of benzene rings is 1. The zero-order chi connectivity index (χ0) is 16.7. The summed E-state index contributed by atoms with van der Waals surface area (Å²) in [5, 5.41) is 19.1. The molecule has 0 bridgehead atoms. The van der Waals surface area contributed by atoms with Gasteiger partial charge >= 0.3 is 0 Å². The summed E-state index contributed by atoms with van der Waals surface area (Å²) in [5.41, 5.74) is 0.608. The van der Waals surface area contributed by atoms with E-state index in [0.717, 1.165) is 11.8 Å². The molecule has 0 aliphatic carbocycles. The molecule has 23 heavy (non-hydrogen) atoms. The Labute approximate surface area is 137 Å². The van der Waals surface area contributed by atoms with Crippen molar-refractivity contribution in [2.75, 3.05) is 6.61 Å². The number of carboxylic acid groups (broad SMARTS) is 1. The lowest BCUT2D eigenvalue weighted by Gasteiger charge is -2.09. The molecular weight excluding hydrogens is 316 g/mol. The number of aliphatic carboxylic acids is 1. The van der Waals surface area contributed by atoms with Gasteiger partial charge in [0, 0.05) is 16.9 Å². The lowest BCUT2D eigenvalue weighted by molar-refractivity contribution is -0.298. The maximum absolute atomic E-state index is 11.4. The summed E-state index contributed by atoms with van der Waals surface area (Å²) >= 11 is 0.843. The Hall–Kier alpha value is -2.54. The third kappa shape index (κ3) is 4.72. The Balaban J connectivity index is 2.28. The van der Waals surface area contributed by atoms with Crippen LogP contribution in [0.15, 0.2) is 51.5 Å². The van der Waals surface area contributed by atoms with Crippen molar-refractivity contribution in [3.8, 4) is 5.75 Å². The van der Waals surface area contributed by atoms with Crippen molar-refractivity contribution in [1.82, 2.24) is 10.2 Å². The van der Waals surface area contributed by atoms with E-state index in [9.17, 15) is 9.90 Å². The van der Waals surface area contributed by atoms with E-state index in [2.05, 4.69) is 16.8 Å². The lowest BCUT2D eigenvalue weighted by atomic mass is 10.2. The molecule has 0 spiro atoms. The van der Waals surface area contributed by atoms with E-state index >= 15 is 0 Å². The molecule has 0 amide bonds. The maximum Gasteiger partial charge on any atom is 0.281 e. The number of thioether (sulfide) groups is 1. The minimum absolute atomic E-state index is 0.0500. The number of ether oxygens (including phenoxy) is 1. The molecule has 0 N–H and O–H groups in total. The Morgan fingerprint density at radius 1 is 1.43 bits per heavy atom. The van der Waals surface area contributed by atoms with Gasteiger partial charge in [-0.15, -0.1) is 10.2 Å². The van der Waals surface area contributed by atoms with E-state index in [0.29, 0.717) is 30.2 Å². The molecule has 120 valence electrons. The van der Waals surface area contributed by atoms with Crippen molar-refractivity contribution < 1.29 is 19.1 Å². The van der Waals surface area contributed by atoms with E-state index in [1.54, 1.807) is 30.3 Å². The number of aromatic nitrogens is 2. The van der Waals surface area contributed by atoms with Crippen LogP contribution < -0.4 is 9.84 Å². The van der Waals surface area contributed by atoms with Gasteiger partial charge in [-0.05, 0) is 23.9 Å². The average Bonchev–Trinajstić information content (AvgIpc) is 3.01. The molecule has 0 atom stereocenters. The number of carboxylic acids is 1. The van der Waals surface area contributed by atoms with Crippen LogP contribution in [0.4, 0.5) is 0 Å². The monoisotopic (exact) mass is 331 g/mol. The first kappa shape index (κ1) is 16.8. The summed E-state index contributed by atoms with van der Waals surface area (Å²) in [6.45, 7) is 5.77. The van der Waals surface area contributed by atoms with E-state index < -0.39 is 5.97 Å². The number of aryl methyl sites for hydroxylation is 1. The molecule has 1 heterocycles. The van der Waals surface area contributed by atoms with Crippen LogP contribution in [0.3, 0.4) is 0 Å². The Kier molecular flexibility index (Phi) is 5.99. The molecule has 0 aliphatic rings. The Bertz CT molecular complexity index is 724. The highest BCUT2D eigenvalue weighted by Gasteiger charge is 2.11. The molecule has 7 heteroatoms. The third-order valence-electron chi connectivity index (χ3n) is 2.71.